The van der Waals surface area contributed by atoms with Crippen LogP contribution in [0.3, 0.4) is 0 Å². The average Bonchev–Trinajstić information content (AvgIpc) is 3.20. The Bertz CT molecular complexity index is 578. The lowest BCUT2D eigenvalue weighted by molar-refractivity contribution is 0.0170. The summed E-state index contributed by atoms with van der Waals surface area (Å²) in [7, 11) is 1.84. The van der Waals surface area contributed by atoms with Crippen LogP contribution in [0.2, 0.25) is 5.02 Å². The molecule has 2 heterocycles. The molecule has 2 saturated heterocycles. The van der Waals surface area contributed by atoms with Gasteiger partial charge in [-0.2, -0.15) is 11.8 Å². The van der Waals surface area contributed by atoms with Crippen LogP contribution in [-0.4, -0.2) is 68.3 Å². The molecule has 8 heteroatoms. The molecule has 2 aliphatic rings. The first-order valence-electron chi connectivity index (χ1n) is 9.39. The van der Waals surface area contributed by atoms with Crippen LogP contribution in [0.1, 0.15) is 24.4 Å². The molecule has 2 unspecified atom stereocenters. The number of aliphatic imine (C=N–C) groups is 1. The fourth-order valence-corrected chi connectivity index (χ4v) is 4.79. The number of guanidine groups is 1. The van der Waals surface area contributed by atoms with E-state index in [4.69, 9.17) is 16.3 Å². The number of hydrogen-bond donors (Lipinski definition) is 2. The second-order valence-electron chi connectivity index (χ2n) is 6.68. The third-order valence-corrected chi connectivity index (χ3v) is 6.60. The first kappa shape index (κ1) is 23.1. The van der Waals surface area contributed by atoms with Gasteiger partial charge < -0.3 is 15.4 Å². The lowest BCUT2D eigenvalue weighted by Gasteiger charge is -2.35. The standard InChI is InChI=1S/C19H29ClN4OS.HI/c1-21-19(22-13-17-3-2-12-26-17)23-14-18(24-8-10-25-11-9-24)15-4-6-16(20)7-5-15;/h4-7,17-18H,2-3,8-14H2,1H3,(H2,21,22,23);1H. The number of benzene rings is 1. The summed E-state index contributed by atoms with van der Waals surface area (Å²) in [6.45, 7) is 5.25. The molecule has 5 nitrogen and oxygen atoms in total. The molecule has 0 bridgehead atoms. The van der Waals surface area contributed by atoms with Gasteiger partial charge in [0.25, 0.3) is 0 Å². The summed E-state index contributed by atoms with van der Waals surface area (Å²) in [6.07, 6.45) is 2.63. The van der Waals surface area contributed by atoms with E-state index in [1.54, 1.807) is 0 Å². The second kappa shape index (κ2) is 12.4. The summed E-state index contributed by atoms with van der Waals surface area (Å²) in [5, 5.41) is 8.48. The molecule has 0 spiro atoms. The van der Waals surface area contributed by atoms with E-state index in [1.165, 1.54) is 24.2 Å². The number of nitrogens with zero attached hydrogens (tertiary/aromatic N) is 2. The highest BCUT2D eigenvalue weighted by molar-refractivity contribution is 14.0. The monoisotopic (exact) mass is 524 g/mol. The van der Waals surface area contributed by atoms with Gasteiger partial charge in [-0.05, 0) is 36.3 Å². The highest BCUT2D eigenvalue weighted by Crippen LogP contribution is 2.25. The van der Waals surface area contributed by atoms with Gasteiger partial charge in [-0.25, -0.2) is 0 Å². The zero-order valence-electron chi connectivity index (χ0n) is 15.8. The van der Waals surface area contributed by atoms with Gasteiger partial charge >= 0.3 is 0 Å². The molecule has 1 aromatic rings. The Balaban J connectivity index is 0.00000261. The van der Waals surface area contributed by atoms with E-state index in [2.05, 4.69) is 44.4 Å². The van der Waals surface area contributed by atoms with Crippen molar-refractivity contribution in [3.8, 4) is 0 Å². The number of nitrogens with one attached hydrogen (secondary N) is 2. The zero-order chi connectivity index (χ0) is 18.2. The van der Waals surface area contributed by atoms with Gasteiger partial charge in [0.1, 0.15) is 0 Å². The fraction of sp³-hybridized carbons (Fsp3) is 0.632. The largest absolute Gasteiger partial charge is 0.379 e. The van der Waals surface area contributed by atoms with Crippen LogP contribution in [0.5, 0.6) is 0 Å². The molecule has 2 N–H and O–H groups in total. The molecular weight excluding hydrogens is 495 g/mol. The van der Waals surface area contributed by atoms with E-state index in [9.17, 15) is 0 Å². The molecule has 152 valence electrons. The lowest BCUT2D eigenvalue weighted by atomic mass is 10.0. The highest BCUT2D eigenvalue weighted by Gasteiger charge is 2.23. The Hall–Kier alpha value is -0.220. The lowest BCUT2D eigenvalue weighted by Crippen LogP contribution is -2.47. The Labute approximate surface area is 189 Å². The third-order valence-electron chi connectivity index (χ3n) is 4.95. The zero-order valence-corrected chi connectivity index (χ0v) is 19.7. The molecule has 1 aromatic carbocycles. The van der Waals surface area contributed by atoms with Gasteiger partial charge in [0.2, 0.25) is 0 Å². The predicted octanol–water partition coefficient (Wildman–Crippen LogP) is 3.39. The van der Waals surface area contributed by atoms with E-state index < -0.39 is 0 Å². The average molecular weight is 525 g/mol. The maximum Gasteiger partial charge on any atom is 0.191 e. The second-order valence-corrected chi connectivity index (χ2v) is 8.53. The number of ether oxygens (including phenoxy) is 1. The molecule has 27 heavy (non-hydrogen) atoms. The Morgan fingerprint density at radius 2 is 2.04 bits per heavy atom. The Morgan fingerprint density at radius 3 is 2.67 bits per heavy atom. The van der Waals surface area contributed by atoms with Crippen molar-refractivity contribution >= 4 is 53.3 Å². The van der Waals surface area contributed by atoms with Gasteiger partial charge in [-0.1, -0.05) is 23.7 Å². The van der Waals surface area contributed by atoms with Crippen LogP contribution in [0.4, 0.5) is 0 Å². The number of thioether (sulfide) groups is 1. The van der Waals surface area contributed by atoms with E-state index in [-0.39, 0.29) is 30.0 Å². The molecule has 2 fully saturated rings. The Kier molecular flexibility index (Phi) is 10.6. The molecule has 2 atom stereocenters. The summed E-state index contributed by atoms with van der Waals surface area (Å²) >= 11 is 8.14. The smallest absolute Gasteiger partial charge is 0.191 e. The molecule has 2 aliphatic heterocycles. The van der Waals surface area contributed by atoms with Crippen LogP contribution in [0.15, 0.2) is 29.3 Å². The highest BCUT2D eigenvalue weighted by atomic mass is 127. The van der Waals surface area contributed by atoms with Gasteiger partial charge in [-0.3, -0.25) is 9.89 Å². The van der Waals surface area contributed by atoms with E-state index in [0.29, 0.717) is 5.25 Å². The van der Waals surface area contributed by atoms with Crippen molar-refractivity contribution in [3.05, 3.63) is 34.9 Å². The first-order chi connectivity index (χ1) is 12.8. The predicted molar refractivity (Wildman–Crippen MR) is 127 cm³/mol. The van der Waals surface area contributed by atoms with Crippen LogP contribution in [0, 0.1) is 0 Å². The fourth-order valence-electron chi connectivity index (χ4n) is 3.46. The quantitative estimate of drug-likeness (QED) is 0.339. The van der Waals surface area contributed by atoms with Gasteiger partial charge in [0.05, 0.1) is 19.3 Å². The van der Waals surface area contributed by atoms with Crippen molar-refractivity contribution < 1.29 is 4.74 Å². The SMILES string of the molecule is CN=C(NCC1CCCS1)NCC(c1ccc(Cl)cc1)N1CCOCC1.I. The van der Waals surface area contributed by atoms with Crippen LogP contribution < -0.4 is 10.6 Å². The summed E-state index contributed by atoms with van der Waals surface area (Å²) in [5.41, 5.74) is 1.27. The minimum Gasteiger partial charge on any atom is -0.379 e. The van der Waals surface area contributed by atoms with Crippen molar-refractivity contribution in [2.45, 2.75) is 24.1 Å². The molecule has 3 rings (SSSR count). The van der Waals surface area contributed by atoms with Crippen molar-refractivity contribution in [1.82, 2.24) is 15.5 Å². The van der Waals surface area contributed by atoms with Gasteiger partial charge in [-0.15, -0.1) is 24.0 Å². The molecule has 0 aromatic heterocycles. The summed E-state index contributed by atoms with van der Waals surface area (Å²) in [5.74, 6) is 2.17. The van der Waals surface area contributed by atoms with E-state index in [0.717, 1.165) is 50.4 Å². The number of hydrogen-bond acceptors (Lipinski definition) is 4. The van der Waals surface area contributed by atoms with Crippen molar-refractivity contribution in [3.63, 3.8) is 0 Å². The van der Waals surface area contributed by atoms with E-state index >= 15 is 0 Å². The third kappa shape index (κ3) is 7.27. The molecule has 0 saturated carbocycles. The minimum atomic E-state index is 0. The van der Waals surface area contributed by atoms with Crippen molar-refractivity contribution in [1.29, 1.82) is 0 Å². The van der Waals surface area contributed by atoms with Crippen LogP contribution in [-0.2, 0) is 4.74 Å². The summed E-state index contributed by atoms with van der Waals surface area (Å²) < 4.78 is 5.53. The van der Waals surface area contributed by atoms with Crippen LogP contribution in [0.25, 0.3) is 0 Å². The van der Waals surface area contributed by atoms with Gasteiger partial charge in [0, 0.05) is 43.5 Å². The maximum absolute atomic E-state index is 6.08. The first-order valence-corrected chi connectivity index (χ1v) is 10.8. The molecule has 0 amide bonds. The number of rotatable bonds is 6. The van der Waals surface area contributed by atoms with E-state index in [1.807, 2.05) is 19.2 Å². The Morgan fingerprint density at radius 1 is 1.30 bits per heavy atom. The number of morpholine rings is 1. The maximum atomic E-state index is 6.08. The summed E-state index contributed by atoms with van der Waals surface area (Å²) in [6, 6.07) is 8.45. The number of halogens is 2. The molecule has 0 aliphatic carbocycles. The molecular formula is C19H30ClIN4OS. The van der Waals surface area contributed by atoms with Crippen molar-refractivity contribution in [2.24, 2.45) is 4.99 Å². The van der Waals surface area contributed by atoms with Crippen molar-refractivity contribution in [2.75, 3.05) is 52.2 Å². The molecule has 0 radical (unpaired) electrons. The van der Waals surface area contributed by atoms with Gasteiger partial charge in [0.15, 0.2) is 5.96 Å². The summed E-state index contributed by atoms with van der Waals surface area (Å²) in [4.78, 5) is 6.87. The van der Waals surface area contributed by atoms with Crippen LogP contribution >= 0.6 is 47.3 Å². The minimum absolute atomic E-state index is 0. The topological polar surface area (TPSA) is 48.9 Å². The normalized spacial score (nSPS) is 22.1.